The van der Waals surface area contributed by atoms with Crippen molar-refractivity contribution < 1.29 is 33.0 Å². The molecular weight excluding hydrogens is 611 g/mol. The second-order valence-electron chi connectivity index (χ2n) is 13.3. The molecule has 0 radical (unpaired) electrons. The number of carbonyl (C=O) groups is 2. The van der Waals surface area contributed by atoms with Crippen molar-refractivity contribution in [3.8, 4) is 0 Å². The Morgan fingerprint density at radius 3 is 1.45 bits per heavy atom. The molecule has 0 saturated carbocycles. The van der Waals surface area contributed by atoms with E-state index in [9.17, 15) is 19.0 Å². The molecule has 0 aromatic carbocycles. The zero-order chi connectivity index (χ0) is 34.7. The molecule has 47 heavy (non-hydrogen) atoms. The van der Waals surface area contributed by atoms with Gasteiger partial charge in [-0.25, -0.2) is 0 Å². The highest BCUT2D eigenvalue weighted by atomic mass is 31.2. The van der Waals surface area contributed by atoms with E-state index in [2.05, 4.69) is 26.0 Å². The first-order valence-corrected chi connectivity index (χ1v) is 21.6. The van der Waals surface area contributed by atoms with Gasteiger partial charge >= 0.3 is 19.5 Å². The minimum Gasteiger partial charge on any atom is -0.462 e. The van der Waals surface area contributed by atoms with Gasteiger partial charge < -0.3 is 18.9 Å². The van der Waals surface area contributed by atoms with Crippen LogP contribution >= 0.6 is 7.60 Å². The molecule has 0 rings (SSSR count). The average molecular weight is 687 g/mol. The molecular formula is C39H75O7P. The maximum atomic E-state index is 12.5. The van der Waals surface area contributed by atoms with Crippen LogP contribution in [0, 0.1) is 0 Å². The highest BCUT2D eigenvalue weighted by Crippen LogP contribution is 2.42. The van der Waals surface area contributed by atoms with Crippen molar-refractivity contribution >= 4 is 19.5 Å². The molecule has 2 atom stereocenters. The quantitative estimate of drug-likeness (QED) is 0.0303. The Hall–Kier alpha value is -1.17. The van der Waals surface area contributed by atoms with Crippen LogP contribution in [0.15, 0.2) is 12.2 Å². The van der Waals surface area contributed by atoms with Gasteiger partial charge in [0.15, 0.2) is 0 Å². The fraction of sp³-hybridized carbons (Fsp3) is 0.897. The molecule has 0 amide bonds. The Kier molecular flexibility index (Phi) is 33.8. The Morgan fingerprint density at radius 2 is 1.00 bits per heavy atom. The zero-order valence-electron chi connectivity index (χ0n) is 31.0. The molecule has 7 nitrogen and oxygen atoms in total. The van der Waals surface area contributed by atoms with E-state index in [1.54, 1.807) is 6.92 Å². The highest BCUT2D eigenvalue weighted by Gasteiger charge is 2.24. The summed E-state index contributed by atoms with van der Waals surface area (Å²) in [5, 5.41) is 0. The molecule has 0 aliphatic carbocycles. The van der Waals surface area contributed by atoms with Crippen molar-refractivity contribution in [2.24, 2.45) is 0 Å². The van der Waals surface area contributed by atoms with Crippen molar-refractivity contribution in [2.45, 2.75) is 207 Å². The summed E-state index contributed by atoms with van der Waals surface area (Å²) in [6.07, 6.45) is 34.7. The van der Waals surface area contributed by atoms with Gasteiger partial charge in [0.05, 0.1) is 12.8 Å². The van der Waals surface area contributed by atoms with Gasteiger partial charge in [-0.2, -0.15) is 0 Å². The third-order valence-electron chi connectivity index (χ3n) is 8.67. The predicted octanol–water partition coefficient (Wildman–Crippen LogP) is 12.2. The summed E-state index contributed by atoms with van der Waals surface area (Å²) >= 11 is 0. The van der Waals surface area contributed by atoms with Crippen LogP contribution in [-0.4, -0.2) is 42.3 Å². The second kappa shape index (κ2) is 34.7. The standard InChI is InChI=1S/C39H75O7P/c1-4-7-9-11-13-15-17-19-20-21-23-25-27-29-31-33-39(41)46-37(34-35-47(42,43)45-6-3)36-44-38(40)32-30-28-26-24-22-18-16-14-12-10-8-5-2/h19-20,37H,4-18,21-36H2,1-3H3,(H,42,43)/b20-19-/t37-/m0/s1. The molecule has 0 aliphatic heterocycles. The van der Waals surface area contributed by atoms with E-state index in [0.717, 1.165) is 51.4 Å². The van der Waals surface area contributed by atoms with Crippen molar-refractivity contribution in [1.29, 1.82) is 0 Å². The van der Waals surface area contributed by atoms with Crippen LogP contribution in [-0.2, 0) is 28.2 Å². The molecule has 1 unspecified atom stereocenters. The van der Waals surface area contributed by atoms with E-state index in [1.807, 2.05) is 0 Å². The predicted molar refractivity (Wildman–Crippen MR) is 197 cm³/mol. The normalized spacial score (nSPS) is 13.5. The molecule has 0 aliphatic rings. The summed E-state index contributed by atoms with van der Waals surface area (Å²) in [6.45, 7) is 6.19. The summed E-state index contributed by atoms with van der Waals surface area (Å²) in [6, 6.07) is 0. The number of unbranched alkanes of at least 4 members (excludes halogenated alkanes) is 22. The van der Waals surface area contributed by atoms with Crippen LogP contribution in [0.1, 0.15) is 201 Å². The van der Waals surface area contributed by atoms with Gasteiger partial charge in [-0.3, -0.25) is 14.2 Å². The van der Waals surface area contributed by atoms with Gasteiger partial charge in [0.1, 0.15) is 12.7 Å². The summed E-state index contributed by atoms with van der Waals surface area (Å²) in [5.41, 5.74) is 0. The molecule has 0 heterocycles. The van der Waals surface area contributed by atoms with Crippen LogP contribution in [0.5, 0.6) is 0 Å². The van der Waals surface area contributed by atoms with Gasteiger partial charge in [0, 0.05) is 12.8 Å². The highest BCUT2D eigenvalue weighted by molar-refractivity contribution is 7.52. The fourth-order valence-electron chi connectivity index (χ4n) is 5.70. The maximum Gasteiger partial charge on any atom is 0.328 e. The molecule has 1 N–H and O–H groups in total. The molecule has 0 aromatic heterocycles. The lowest BCUT2D eigenvalue weighted by Gasteiger charge is -2.19. The Balaban J connectivity index is 4.14. The van der Waals surface area contributed by atoms with E-state index in [1.165, 1.54) is 109 Å². The maximum absolute atomic E-state index is 12.5. The summed E-state index contributed by atoms with van der Waals surface area (Å²) < 4.78 is 28.2. The lowest BCUT2D eigenvalue weighted by molar-refractivity contribution is -0.159. The van der Waals surface area contributed by atoms with E-state index in [0.29, 0.717) is 12.8 Å². The SMILES string of the molecule is CCCCCCCC/C=C\CCCCCCCC(=O)O[C@@H](CCP(=O)(O)OCC)COC(=O)CCCCCCCCCCCCCC. The van der Waals surface area contributed by atoms with Gasteiger partial charge in [0.25, 0.3) is 0 Å². The van der Waals surface area contributed by atoms with E-state index in [-0.39, 0.29) is 37.7 Å². The van der Waals surface area contributed by atoms with Gasteiger partial charge in [-0.1, -0.05) is 148 Å². The first-order chi connectivity index (χ1) is 22.8. The van der Waals surface area contributed by atoms with E-state index >= 15 is 0 Å². The summed E-state index contributed by atoms with van der Waals surface area (Å²) in [5.74, 6) is -0.666. The number of hydrogen-bond acceptors (Lipinski definition) is 6. The number of hydrogen-bond donors (Lipinski definition) is 1. The Labute approximate surface area is 290 Å². The van der Waals surface area contributed by atoms with Crippen LogP contribution in [0.4, 0.5) is 0 Å². The Bertz CT molecular complexity index is 785. The first kappa shape index (κ1) is 45.8. The average Bonchev–Trinajstić information content (AvgIpc) is 3.04. The van der Waals surface area contributed by atoms with Crippen molar-refractivity contribution in [3.05, 3.63) is 12.2 Å². The number of rotatable bonds is 36. The summed E-state index contributed by atoms with van der Waals surface area (Å²) in [7, 11) is -3.77. The van der Waals surface area contributed by atoms with Crippen LogP contribution in [0.25, 0.3) is 0 Å². The number of allylic oxidation sites excluding steroid dienone is 2. The second-order valence-corrected chi connectivity index (χ2v) is 15.3. The van der Waals surface area contributed by atoms with E-state index < -0.39 is 13.7 Å². The van der Waals surface area contributed by atoms with Crippen LogP contribution < -0.4 is 0 Å². The monoisotopic (exact) mass is 687 g/mol. The molecule has 0 saturated heterocycles. The molecule has 278 valence electrons. The lowest BCUT2D eigenvalue weighted by atomic mass is 10.0. The van der Waals surface area contributed by atoms with Gasteiger partial charge in [-0.15, -0.1) is 0 Å². The largest absolute Gasteiger partial charge is 0.462 e. The van der Waals surface area contributed by atoms with Crippen molar-refractivity contribution in [3.63, 3.8) is 0 Å². The van der Waals surface area contributed by atoms with E-state index in [4.69, 9.17) is 14.0 Å². The third-order valence-corrected chi connectivity index (χ3v) is 10.2. The first-order valence-electron chi connectivity index (χ1n) is 19.8. The molecule has 0 bridgehead atoms. The fourth-order valence-corrected chi connectivity index (χ4v) is 6.85. The topological polar surface area (TPSA) is 99.1 Å². The van der Waals surface area contributed by atoms with Gasteiger partial charge in [-0.05, 0) is 51.9 Å². The van der Waals surface area contributed by atoms with Gasteiger partial charge in [0.2, 0.25) is 0 Å². The number of carbonyl (C=O) groups excluding carboxylic acids is 2. The molecule has 0 fully saturated rings. The molecule has 0 spiro atoms. The molecule has 8 heteroatoms. The van der Waals surface area contributed by atoms with Crippen LogP contribution in [0.2, 0.25) is 0 Å². The minimum absolute atomic E-state index is 0.0959. The van der Waals surface area contributed by atoms with Crippen molar-refractivity contribution in [1.82, 2.24) is 0 Å². The number of esters is 2. The van der Waals surface area contributed by atoms with Crippen molar-refractivity contribution in [2.75, 3.05) is 19.4 Å². The zero-order valence-corrected chi connectivity index (χ0v) is 31.9. The molecule has 0 aromatic rings. The number of ether oxygens (including phenoxy) is 2. The third kappa shape index (κ3) is 34.5. The summed E-state index contributed by atoms with van der Waals surface area (Å²) in [4.78, 5) is 34.9. The van der Waals surface area contributed by atoms with Crippen LogP contribution in [0.3, 0.4) is 0 Å². The smallest absolute Gasteiger partial charge is 0.328 e. The minimum atomic E-state index is -3.77. The Morgan fingerprint density at radius 1 is 0.596 bits per heavy atom. The lowest BCUT2D eigenvalue weighted by Crippen LogP contribution is -2.26.